The molecule has 0 saturated carbocycles. The van der Waals surface area contributed by atoms with E-state index in [1.165, 1.54) is 11.1 Å². The summed E-state index contributed by atoms with van der Waals surface area (Å²) < 4.78 is 13.3. The van der Waals surface area contributed by atoms with Crippen LogP contribution in [0.2, 0.25) is 0 Å². The monoisotopic (exact) mass is 345 g/mol. The van der Waals surface area contributed by atoms with E-state index >= 15 is 0 Å². The molecule has 6 nitrogen and oxygen atoms in total. The molecule has 1 aromatic carbocycles. The van der Waals surface area contributed by atoms with Crippen LogP contribution in [0.25, 0.3) is 0 Å². The summed E-state index contributed by atoms with van der Waals surface area (Å²) in [5.74, 6) is 1.65. The van der Waals surface area contributed by atoms with Crippen molar-refractivity contribution in [1.29, 1.82) is 0 Å². The minimum atomic E-state index is 0.0996. The summed E-state index contributed by atoms with van der Waals surface area (Å²) in [5, 5.41) is 17.2. The summed E-state index contributed by atoms with van der Waals surface area (Å²) in [6.45, 7) is 8.96. The molecule has 2 aromatic rings. The van der Waals surface area contributed by atoms with E-state index in [2.05, 4.69) is 29.5 Å². The van der Waals surface area contributed by atoms with Crippen LogP contribution in [0.5, 0.6) is 11.5 Å². The maximum atomic E-state index is 9.13. The van der Waals surface area contributed by atoms with Gasteiger partial charge in [-0.3, -0.25) is 4.68 Å². The molecule has 2 heterocycles. The number of fused-ring (bicyclic) bond motifs is 1. The van der Waals surface area contributed by atoms with Gasteiger partial charge in [0.1, 0.15) is 0 Å². The van der Waals surface area contributed by atoms with Gasteiger partial charge in [-0.25, -0.2) is 0 Å². The van der Waals surface area contributed by atoms with Crippen molar-refractivity contribution < 1.29 is 14.6 Å². The van der Waals surface area contributed by atoms with E-state index in [0.717, 1.165) is 35.9 Å². The first-order chi connectivity index (χ1) is 12.1. The molecule has 0 saturated heterocycles. The van der Waals surface area contributed by atoms with Crippen molar-refractivity contribution in [3.05, 3.63) is 40.7 Å². The highest BCUT2D eigenvalue weighted by Crippen LogP contribution is 2.32. The van der Waals surface area contributed by atoms with Crippen LogP contribution in [0.4, 0.5) is 0 Å². The van der Waals surface area contributed by atoms with Crippen LogP contribution in [0, 0.1) is 13.8 Å². The average molecular weight is 345 g/mol. The number of benzene rings is 1. The Morgan fingerprint density at radius 3 is 2.76 bits per heavy atom. The lowest BCUT2D eigenvalue weighted by atomic mass is 10.1. The topological polar surface area (TPSA) is 68.5 Å². The van der Waals surface area contributed by atoms with Crippen molar-refractivity contribution in [2.45, 2.75) is 46.3 Å². The molecule has 1 atom stereocenters. The summed E-state index contributed by atoms with van der Waals surface area (Å²) in [5.41, 5.74) is 4.46. The maximum Gasteiger partial charge on any atom is 0.161 e. The van der Waals surface area contributed by atoms with Crippen molar-refractivity contribution in [2.75, 3.05) is 19.8 Å². The molecule has 2 N–H and O–H groups in total. The largest absolute Gasteiger partial charge is 0.490 e. The number of aryl methyl sites for hydroxylation is 1. The fourth-order valence-electron chi connectivity index (χ4n) is 3.12. The van der Waals surface area contributed by atoms with Crippen molar-refractivity contribution in [3.63, 3.8) is 0 Å². The molecular weight excluding hydrogens is 318 g/mol. The van der Waals surface area contributed by atoms with Gasteiger partial charge >= 0.3 is 0 Å². The number of nitrogens with one attached hydrogen (secondary N) is 1. The van der Waals surface area contributed by atoms with Gasteiger partial charge in [-0.2, -0.15) is 5.10 Å². The Balaban J connectivity index is 1.69. The summed E-state index contributed by atoms with van der Waals surface area (Å²) >= 11 is 0. The Bertz CT molecular complexity index is 727. The number of aliphatic hydroxyl groups is 1. The summed E-state index contributed by atoms with van der Waals surface area (Å²) in [6, 6.07) is 6.31. The van der Waals surface area contributed by atoms with Gasteiger partial charge in [0.2, 0.25) is 0 Å². The Labute approximate surface area is 148 Å². The highest BCUT2D eigenvalue weighted by atomic mass is 16.5. The summed E-state index contributed by atoms with van der Waals surface area (Å²) in [4.78, 5) is 0. The molecule has 3 rings (SSSR count). The second-order valence-electron chi connectivity index (χ2n) is 6.46. The molecule has 1 aliphatic heterocycles. The normalized spacial score (nSPS) is 15.0. The molecule has 25 heavy (non-hydrogen) atoms. The first kappa shape index (κ1) is 17.8. The number of aliphatic hydroxyl groups excluding tert-OH is 1. The average Bonchev–Trinajstić information content (AvgIpc) is 2.79. The number of hydrogen-bond donors (Lipinski definition) is 2. The highest BCUT2D eigenvalue weighted by Gasteiger charge is 2.15. The quantitative estimate of drug-likeness (QED) is 0.842. The van der Waals surface area contributed by atoms with Gasteiger partial charge in [0.05, 0.1) is 32.1 Å². The van der Waals surface area contributed by atoms with Crippen LogP contribution in [0.1, 0.15) is 41.9 Å². The molecule has 1 aliphatic rings. The SMILES string of the molecule is Cc1nn(CCO)c(C)c1CN[C@@H](C)c1ccc2c(c1)OCCCO2. The van der Waals surface area contributed by atoms with Crippen LogP contribution in [-0.4, -0.2) is 34.7 Å². The van der Waals surface area contributed by atoms with E-state index in [9.17, 15) is 0 Å². The first-order valence-electron chi connectivity index (χ1n) is 8.87. The van der Waals surface area contributed by atoms with E-state index in [4.69, 9.17) is 14.6 Å². The first-order valence-corrected chi connectivity index (χ1v) is 8.87. The summed E-state index contributed by atoms with van der Waals surface area (Å²) in [6.07, 6.45) is 0.911. The fourth-order valence-corrected chi connectivity index (χ4v) is 3.12. The Hall–Kier alpha value is -2.05. The Morgan fingerprint density at radius 2 is 2.00 bits per heavy atom. The van der Waals surface area contributed by atoms with Gasteiger partial charge in [-0.05, 0) is 38.5 Å². The predicted octanol–water partition coefficient (Wildman–Crippen LogP) is 2.50. The molecule has 0 amide bonds. The number of rotatable bonds is 6. The lowest BCUT2D eigenvalue weighted by molar-refractivity contribution is 0.267. The number of aromatic nitrogens is 2. The molecule has 136 valence electrons. The van der Waals surface area contributed by atoms with E-state index in [-0.39, 0.29) is 12.6 Å². The lowest BCUT2D eigenvalue weighted by Crippen LogP contribution is -2.19. The molecular formula is C19H27N3O3. The second-order valence-corrected chi connectivity index (χ2v) is 6.46. The van der Waals surface area contributed by atoms with E-state index in [0.29, 0.717) is 19.8 Å². The minimum Gasteiger partial charge on any atom is -0.490 e. The lowest BCUT2D eigenvalue weighted by Gasteiger charge is -2.17. The number of hydrogen-bond acceptors (Lipinski definition) is 5. The van der Waals surface area contributed by atoms with Crippen LogP contribution >= 0.6 is 0 Å². The zero-order chi connectivity index (χ0) is 17.8. The third kappa shape index (κ3) is 3.96. The van der Waals surface area contributed by atoms with Gasteiger partial charge in [-0.15, -0.1) is 0 Å². The van der Waals surface area contributed by atoms with Crippen molar-refractivity contribution in [2.24, 2.45) is 0 Å². The second kappa shape index (κ2) is 7.89. The molecule has 0 radical (unpaired) electrons. The van der Waals surface area contributed by atoms with Crippen LogP contribution in [-0.2, 0) is 13.1 Å². The fraction of sp³-hybridized carbons (Fsp3) is 0.526. The van der Waals surface area contributed by atoms with Gasteiger partial charge < -0.3 is 19.9 Å². The molecule has 6 heteroatoms. The Kier molecular flexibility index (Phi) is 5.60. The molecule has 0 spiro atoms. The van der Waals surface area contributed by atoms with Crippen molar-refractivity contribution in [3.8, 4) is 11.5 Å². The molecule has 0 bridgehead atoms. The van der Waals surface area contributed by atoms with Gasteiger partial charge in [0, 0.05) is 30.3 Å². The number of ether oxygens (including phenoxy) is 2. The zero-order valence-electron chi connectivity index (χ0n) is 15.2. The third-order valence-corrected chi connectivity index (χ3v) is 4.70. The number of nitrogens with zero attached hydrogens (tertiary/aromatic N) is 2. The van der Waals surface area contributed by atoms with Crippen LogP contribution in [0.15, 0.2) is 18.2 Å². The van der Waals surface area contributed by atoms with Crippen molar-refractivity contribution >= 4 is 0 Å². The third-order valence-electron chi connectivity index (χ3n) is 4.70. The smallest absolute Gasteiger partial charge is 0.161 e. The van der Waals surface area contributed by atoms with E-state index in [1.54, 1.807) is 0 Å². The van der Waals surface area contributed by atoms with Crippen LogP contribution in [0.3, 0.4) is 0 Å². The van der Waals surface area contributed by atoms with Crippen LogP contribution < -0.4 is 14.8 Å². The maximum absolute atomic E-state index is 9.13. The zero-order valence-corrected chi connectivity index (χ0v) is 15.2. The molecule has 0 unspecified atom stereocenters. The van der Waals surface area contributed by atoms with Crippen molar-refractivity contribution in [1.82, 2.24) is 15.1 Å². The molecule has 1 aromatic heterocycles. The standard InChI is InChI=1S/C19H27N3O3/c1-13(16-5-6-18-19(11-16)25-10-4-9-24-18)20-12-17-14(2)21-22(7-8-23)15(17)3/h5-6,11,13,20,23H,4,7-10,12H2,1-3H3/t13-/m0/s1. The van der Waals surface area contributed by atoms with Gasteiger partial charge in [0.15, 0.2) is 11.5 Å². The highest BCUT2D eigenvalue weighted by molar-refractivity contribution is 5.44. The van der Waals surface area contributed by atoms with E-state index in [1.807, 2.05) is 24.6 Å². The summed E-state index contributed by atoms with van der Waals surface area (Å²) in [7, 11) is 0. The van der Waals surface area contributed by atoms with E-state index < -0.39 is 0 Å². The van der Waals surface area contributed by atoms with Gasteiger partial charge in [0.25, 0.3) is 0 Å². The Morgan fingerprint density at radius 1 is 1.24 bits per heavy atom. The minimum absolute atomic E-state index is 0.0996. The van der Waals surface area contributed by atoms with Gasteiger partial charge in [-0.1, -0.05) is 6.07 Å². The predicted molar refractivity (Wildman–Crippen MR) is 96.1 cm³/mol. The molecule has 0 fully saturated rings. The molecule has 0 aliphatic carbocycles.